The van der Waals surface area contributed by atoms with Crippen molar-refractivity contribution in [2.75, 3.05) is 36.0 Å². The van der Waals surface area contributed by atoms with Gasteiger partial charge < -0.3 is 9.80 Å². The fourth-order valence-electron chi connectivity index (χ4n) is 2.84. The lowest BCUT2D eigenvalue weighted by Gasteiger charge is -2.37. The Hall–Kier alpha value is -2.58. The molecular weight excluding hydrogens is 324 g/mol. The second kappa shape index (κ2) is 6.90. The van der Waals surface area contributed by atoms with Gasteiger partial charge in [-0.15, -0.1) is 0 Å². The Morgan fingerprint density at radius 3 is 2.46 bits per heavy atom. The van der Waals surface area contributed by atoms with Crippen molar-refractivity contribution < 1.29 is 4.79 Å². The Morgan fingerprint density at radius 1 is 1.17 bits per heavy atom. The van der Waals surface area contributed by atoms with Crippen LogP contribution in [0.5, 0.6) is 0 Å². The number of hydrogen-bond donors (Lipinski definition) is 0. The molecule has 3 rings (SSSR count). The molecule has 0 N–H and O–H groups in total. The van der Waals surface area contributed by atoms with E-state index in [0.717, 1.165) is 37.7 Å². The lowest BCUT2D eigenvalue weighted by molar-refractivity contribution is 0.101. The number of carbonyl (C=O) groups excluding carboxylic acids is 1. The number of pyridine rings is 1. The number of aromatic nitrogens is 1. The van der Waals surface area contributed by atoms with E-state index in [9.17, 15) is 10.1 Å². The standard InChI is InChI=1S/C18H17ClN4O/c1-13(24)14-2-3-15(11-20)17(10-14)22-6-8-23(9-7-22)18-5-4-16(19)12-21-18/h2-5,10,12H,6-9H2,1H3. The van der Waals surface area contributed by atoms with Crippen LogP contribution < -0.4 is 9.80 Å². The summed E-state index contributed by atoms with van der Waals surface area (Å²) in [5.74, 6) is 0.904. The van der Waals surface area contributed by atoms with E-state index < -0.39 is 0 Å². The van der Waals surface area contributed by atoms with E-state index in [0.29, 0.717) is 16.1 Å². The van der Waals surface area contributed by atoms with Crippen LogP contribution in [0.15, 0.2) is 36.5 Å². The minimum Gasteiger partial charge on any atom is -0.367 e. The van der Waals surface area contributed by atoms with Gasteiger partial charge in [-0.2, -0.15) is 5.26 Å². The average molecular weight is 341 g/mol. The monoisotopic (exact) mass is 340 g/mol. The molecule has 1 aromatic heterocycles. The minimum absolute atomic E-state index is 0.00439. The van der Waals surface area contributed by atoms with Crippen molar-refractivity contribution in [2.24, 2.45) is 0 Å². The molecule has 1 fully saturated rings. The molecule has 2 heterocycles. The Balaban J connectivity index is 1.77. The van der Waals surface area contributed by atoms with Crippen molar-refractivity contribution in [3.63, 3.8) is 0 Å². The molecule has 0 radical (unpaired) electrons. The quantitative estimate of drug-likeness (QED) is 0.803. The van der Waals surface area contributed by atoms with Gasteiger partial charge in [0.2, 0.25) is 0 Å². The highest BCUT2D eigenvalue weighted by Crippen LogP contribution is 2.25. The average Bonchev–Trinajstić information content (AvgIpc) is 2.62. The highest BCUT2D eigenvalue weighted by molar-refractivity contribution is 6.30. The molecule has 1 aliphatic heterocycles. The molecule has 0 aliphatic carbocycles. The van der Waals surface area contributed by atoms with Gasteiger partial charge in [0.1, 0.15) is 11.9 Å². The molecule has 1 aromatic carbocycles. The number of ketones is 1. The maximum absolute atomic E-state index is 11.6. The predicted octanol–water partition coefficient (Wildman–Crippen LogP) is 3.14. The van der Waals surface area contributed by atoms with Crippen molar-refractivity contribution >= 4 is 28.9 Å². The van der Waals surface area contributed by atoms with E-state index in [2.05, 4.69) is 20.9 Å². The zero-order chi connectivity index (χ0) is 17.1. The predicted molar refractivity (Wildman–Crippen MR) is 94.8 cm³/mol. The van der Waals surface area contributed by atoms with Gasteiger partial charge in [0.25, 0.3) is 0 Å². The summed E-state index contributed by atoms with van der Waals surface area (Å²) in [6.45, 7) is 4.66. The first kappa shape index (κ1) is 16.3. The van der Waals surface area contributed by atoms with Crippen molar-refractivity contribution in [1.29, 1.82) is 5.26 Å². The van der Waals surface area contributed by atoms with Gasteiger partial charge in [-0.3, -0.25) is 4.79 Å². The number of nitriles is 1. The molecule has 6 heteroatoms. The van der Waals surface area contributed by atoms with Crippen LogP contribution in [0.2, 0.25) is 5.02 Å². The molecule has 0 atom stereocenters. The largest absolute Gasteiger partial charge is 0.367 e. The first-order valence-corrected chi connectivity index (χ1v) is 8.13. The lowest BCUT2D eigenvalue weighted by atomic mass is 10.1. The number of rotatable bonds is 3. The Labute approximate surface area is 146 Å². The maximum Gasteiger partial charge on any atom is 0.159 e. The van der Waals surface area contributed by atoms with E-state index in [4.69, 9.17) is 11.6 Å². The van der Waals surface area contributed by atoms with E-state index in [1.807, 2.05) is 18.2 Å². The van der Waals surface area contributed by atoms with Gasteiger partial charge in [-0.05, 0) is 37.3 Å². The summed E-state index contributed by atoms with van der Waals surface area (Å²) >= 11 is 5.88. The zero-order valence-corrected chi connectivity index (χ0v) is 14.1. The van der Waals surface area contributed by atoms with Crippen molar-refractivity contribution in [1.82, 2.24) is 4.98 Å². The van der Waals surface area contributed by atoms with E-state index in [1.54, 1.807) is 18.3 Å². The van der Waals surface area contributed by atoms with Crippen LogP contribution in [0, 0.1) is 11.3 Å². The summed E-state index contributed by atoms with van der Waals surface area (Å²) in [6.07, 6.45) is 1.65. The van der Waals surface area contributed by atoms with Crippen LogP contribution in [0.3, 0.4) is 0 Å². The molecule has 122 valence electrons. The van der Waals surface area contributed by atoms with Gasteiger partial charge in [-0.25, -0.2) is 4.98 Å². The second-order valence-corrected chi connectivity index (χ2v) is 6.15. The molecule has 2 aromatic rings. The maximum atomic E-state index is 11.6. The van der Waals surface area contributed by atoms with Crippen LogP contribution >= 0.6 is 11.6 Å². The summed E-state index contributed by atoms with van der Waals surface area (Å²) in [7, 11) is 0. The second-order valence-electron chi connectivity index (χ2n) is 5.71. The summed E-state index contributed by atoms with van der Waals surface area (Å²) < 4.78 is 0. The zero-order valence-electron chi connectivity index (χ0n) is 13.4. The van der Waals surface area contributed by atoms with Crippen LogP contribution in [-0.4, -0.2) is 36.9 Å². The van der Waals surface area contributed by atoms with Crippen molar-refractivity contribution in [3.05, 3.63) is 52.7 Å². The van der Waals surface area contributed by atoms with E-state index in [1.165, 1.54) is 6.92 Å². The third-order valence-electron chi connectivity index (χ3n) is 4.18. The molecule has 24 heavy (non-hydrogen) atoms. The van der Waals surface area contributed by atoms with Crippen LogP contribution in [-0.2, 0) is 0 Å². The van der Waals surface area contributed by atoms with Gasteiger partial charge in [0, 0.05) is 37.9 Å². The van der Waals surface area contributed by atoms with Gasteiger partial charge in [0.05, 0.1) is 16.3 Å². The molecule has 0 spiro atoms. The first-order valence-electron chi connectivity index (χ1n) is 7.75. The number of hydrogen-bond acceptors (Lipinski definition) is 5. The van der Waals surface area contributed by atoms with Crippen molar-refractivity contribution in [3.8, 4) is 6.07 Å². The fourth-order valence-corrected chi connectivity index (χ4v) is 2.95. The normalized spacial score (nSPS) is 14.4. The Bertz CT molecular complexity index is 790. The third kappa shape index (κ3) is 3.34. The number of nitrogens with zero attached hydrogens (tertiary/aromatic N) is 4. The molecule has 0 saturated carbocycles. The number of Topliss-reactive ketones (excluding diaryl/α,β-unsaturated/α-hetero) is 1. The molecular formula is C18H17ClN4O. The summed E-state index contributed by atoms with van der Waals surface area (Å²) in [5, 5.41) is 9.96. The number of anilines is 2. The highest BCUT2D eigenvalue weighted by atomic mass is 35.5. The summed E-state index contributed by atoms with van der Waals surface area (Å²) in [6, 6.07) is 11.2. The van der Waals surface area contributed by atoms with Gasteiger partial charge in [0.15, 0.2) is 5.78 Å². The van der Waals surface area contributed by atoms with E-state index >= 15 is 0 Å². The van der Waals surface area contributed by atoms with Crippen molar-refractivity contribution in [2.45, 2.75) is 6.92 Å². The lowest BCUT2D eigenvalue weighted by Crippen LogP contribution is -2.47. The first-order chi connectivity index (χ1) is 11.6. The van der Waals surface area contributed by atoms with E-state index in [-0.39, 0.29) is 5.78 Å². The number of piperazine rings is 1. The number of halogens is 1. The molecule has 1 aliphatic rings. The fraction of sp³-hybridized carbons (Fsp3) is 0.278. The summed E-state index contributed by atoms with van der Waals surface area (Å²) in [4.78, 5) is 20.3. The summed E-state index contributed by atoms with van der Waals surface area (Å²) in [5.41, 5.74) is 2.05. The molecule has 1 saturated heterocycles. The molecule has 0 amide bonds. The Kier molecular flexibility index (Phi) is 4.68. The van der Waals surface area contributed by atoms with Gasteiger partial charge in [-0.1, -0.05) is 11.6 Å². The third-order valence-corrected chi connectivity index (χ3v) is 4.40. The van der Waals surface area contributed by atoms with Crippen LogP contribution in [0.4, 0.5) is 11.5 Å². The van der Waals surface area contributed by atoms with Gasteiger partial charge >= 0.3 is 0 Å². The smallest absolute Gasteiger partial charge is 0.159 e. The topological polar surface area (TPSA) is 60.2 Å². The Morgan fingerprint density at radius 2 is 1.88 bits per heavy atom. The number of carbonyl (C=O) groups is 1. The molecule has 0 bridgehead atoms. The SMILES string of the molecule is CC(=O)c1ccc(C#N)c(N2CCN(c3ccc(Cl)cn3)CC2)c1. The van der Waals surface area contributed by atoms with Crippen LogP contribution in [0.25, 0.3) is 0 Å². The van der Waals surface area contributed by atoms with Crippen LogP contribution in [0.1, 0.15) is 22.8 Å². The number of benzene rings is 1. The molecule has 0 unspecified atom stereocenters. The highest BCUT2D eigenvalue weighted by Gasteiger charge is 2.21. The minimum atomic E-state index is 0.00439. The molecule has 5 nitrogen and oxygen atoms in total.